The van der Waals surface area contributed by atoms with Crippen LogP contribution < -0.4 is 5.73 Å². The van der Waals surface area contributed by atoms with Gasteiger partial charge in [0.05, 0.1) is 0 Å². The van der Waals surface area contributed by atoms with Gasteiger partial charge in [-0.15, -0.1) is 0 Å². The molecule has 0 spiro atoms. The van der Waals surface area contributed by atoms with Crippen molar-refractivity contribution >= 4 is 16.9 Å². The van der Waals surface area contributed by atoms with Gasteiger partial charge in [-0.1, -0.05) is 6.07 Å². The van der Waals surface area contributed by atoms with Crippen LogP contribution >= 0.6 is 0 Å². The first kappa shape index (κ1) is 11.6. The third kappa shape index (κ3) is 1.88. The van der Waals surface area contributed by atoms with Crippen molar-refractivity contribution < 1.29 is 19.4 Å². The first-order valence-corrected chi connectivity index (χ1v) is 4.94. The molecular weight excluding hydrogens is 227 g/mol. The molecule has 2 aromatic rings. The van der Waals surface area contributed by atoms with E-state index in [-0.39, 0.29) is 10.9 Å². The fourth-order valence-electron chi connectivity index (χ4n) is 1.73. The Labute approximate surface area is 95.7 Å². The summed E-state index contributed by atoms with van der Waals surface area (Å²) in [4.78, 5) is 13.4. The van der Waals surface area contributed by atoms with Crippen molar-refractivity contribution in [1.82, 2.24) is 4.98 Å². The van der Waals surface area contributed by atoms with E-state index in [1.807, 2.05) is 0 Å². The number of carboxylic acids is 1. The zero-order chi connectivity index (χ0) is 12.6. The van der Waals surface area contributed by atoms with E-state index in [0.717, 1.165) is 0 Å². The highest BCUT2D eigenvalue weighted by atomic mass is 19.1. The first-order chi connectivity index (χ1) is 8.02. The molecule has 1 aromatic heterocycles. The van der Waals surface area contributed by atoms with Crippen LogP contribution in [-0.2, 0) is 4.79 Å². The number of H-pyrrole nitrogens is 1. The van der Waals surface area contributed by atoms with Crippen LogP contribution in [-0.4, -0.2) is 27.2 Å². The van der Waals surface area contributed by atoms with Crippen molar-refractivity contribution in [3.05, 3.63) is 35.8 Å². The quantitative estimate of drug-likeness (QED) is 0.634. The maximum absolute atomic E-state index is 13.6. The van der Waals surface area contributed by atoms with E-state index in [9.17, 15) is 14.3 Å². The number of hydrogen-bond acceptors (Lipinski definition) is 3. The van der Waals surface area contributed by atoms with E-state index < -0.39 is 23.9 Å². The molecule has 0 saturated carbocycles. The summed E-state index contributed by atoms with van der Waals surface area (Å²) in [6, 6.07) is 2.88. The molecule has 0 amide bonds. The van der Waals surface area contributed by atoms with E-state index in [1.54, 1.807) is 6.07 Å². The molecule has 2 rings (SSSR count). The van der Waals surface area contributed by atoms with Crippen molar-refractivity contribution in [2.45, 2.75) is 12.1 Å². The standard InChI is InChI=1S/C11H11FN2O3/c12-6-2-1-3-7-8(6)5(4-14-7)10(15)9(13)11(16)17/h1-4,9-10,14-15H,13H2,(H,16,17). The number of benzene rings is 1. The average molecular weight is 238 g/mol. The number of carbonyl (C=O) groups is 1. The van der Waals surface area contributed by atoms with E-state index in [2.05, 4.69) is 4.98 Å². The van der Waals surface area contributed by atoms with Gasteiger partial charge in [0.25, 0.3) is 0 Å². The normalized spacial score (nSPS) is 14.8. The molecule has 17 heavy (non-hydrogen) atoms. The lowest BCUT2D eigenvalue weighted by Crippen LogP contribution is -2.36. The molecule has 2 unspecified atom stereocenters. The third-order valence-electron chi connectivity index (χ3n) is 2.63. The molecule has 0 bridgehead atoms. The van der Waals surface area contributed by atoms with Gasteiger partial charge in [0.1, 0.15) is 18.0 Å². The number of nitrogens with one attached hydrogen (secondary N) is 1. The molecule has 0 radical (unpaired) electrons. The fraction of sp³-hybridized carbons (Fsp3) is 0.182. The monoisotopic (exact) mass is 238 g/mol. The van der Waals surface area contributed by atoms with Gasteiger partial charge < -0.3 is 20.9 Å². The summed E-state index contributed by atoms with van der Waals surface area (Å²) in [5.41, 5.74) is 5.94. The number of carboxylic acid groups (broad SMARTS) is 1. The largest absolute Gasteiger partial charge is 0.480 e. The van der Waals surface area contributed by atoms with Crippen molar-refractivity contribution in [2.75, 3.05) is 0 Å². The minimum absolute atomic E-state index is 0.146. The molecule has 0 aliphatic heterocycles. The SMILES string of the molecule is NC(C(=O)O)C(O)c1c[nH]c2cccc(F)c12. The number of aliphatic hydroxyl groups is 1. The Balaban J connectivity index is 2.52. The molecular formula is C11H11FN2O3. The van der Waals surface area contributed by atoms with Crippen LogP contribution in [0.1, 0.15) is 11.7 Å². The summed E-state index contributed by atoms with van der Waals surface area (Å²) in [5, 5.41) is 18.6. The van der Waals surface area contributed by atoms with Gasteiger partial charge in [-0.3, -0.25) is 4.79 Å². The minimum atomic E-state index is -1.49. The van der Waals surface area contributed by atoms with Crippen LogP contribution in [0.15, 0.2) is 24.4 Å². The molecule has 2 atom stereocenters. The van der Waals surface area contributed by atoms with E-state index in [0.29, 0.717) is 5.52 Å². The number of fused-ring (bicyclic) bond motifs is 1. The van der Waals surface area contributed by atoms with Gasteiger partial charge in [0.15, 0.2) is 0 Å². The zero-order valence-corrected chi connectivity index (χ0v) is 8.72. The Morgan fingerprint density at radius 1 is 1.47 bits per heavy atom. The maximum atomic E-state index is 13.6. The first-order valence-electron chi connectivity index (χ1n) is 4.94. The lowest BCUT2D eigenvalue weighted by atomic mass is 10.0. The molecule has 0 aliphatic carbocycles. The zero-order valence-electron chi connectivity index (χ0n) is 8.72. The summed E-state index contributed by atoms with van der Waals surface area (Å²) >= 11 is 0. The average Bonchev–Trinajstić information content (AvgIpc) is 2.72. The lowest BCUT2D eigenvalue weighted by molar-refractivity contribution is -0.141. The minimum Gasteiger partial charge on any atom is -0.480 e. The van der Waals surface area contributed by atoms with Crippen LogP contribution in [0.4, 0.5) is 4.39 Å². The fourth-order valence-corrected chi connectivity index (χ4v) is 1.73. The number of aliphatic carboxylic acids is 1. The molecule has 0 saturated heterocycles. The summed E-state index contributed by atoms with van der Waals surface area (Å²) in [6.45, 7) is 0. The number of rotatable bonds is 3. The van der Waals surface area contributed by atoms with E-state index in [4.69, 9.17) is 10.8 Å². The predicted octanol–water partition coefficient (Wildman–Crippen LogP) is 0.752. The van der Waals surface area contributed by atoms with Gasteiger partial charge in [0, 0.05) is 22.7 Å². The number of nitrogens with two attached hydrogens (primary N) is 1. The van der Waals surface area contributed by atoms with Crippen molar-refractivity contribution in [3.8, 4) is 0 Å². The summed E-state index contributed by atoms with van der Waals surface area (Å²) in [5.74, 6) is -1.88. The highest BCUT2D eigenvalue weighted by Gasteiger charge is 2.26. The Morgan fingerprint density at radius 3 is 2.82 bits per heavy atom. The Bertz CT molecular complexity index is 567. The number of aromatic nitrogens is 1. The molecule has 0 fully saturated rings. The molecule has 0 aliphatic rings. The number of halogens is 1. The van der Waals surface area contributed by atoms with Crippen molar-refractivity contribution in [3.63, 3.8) is 0 Å². The highest BCUT2D eigenvalue weighted by Crippen LogP contribution is 2.27. The smallest absolute Gasteiger partial charge is 0.323 e. The topological polar surface area (TPSA) is 99.3 Å². The van der Waals surface area contributed by atoms with Gasteiger partial charge in [-0.05, 0) is 12.1 Å². The second-order valence-corrected chi connectivity index (χ2v) is 3.72. The van der Waals surface area contributed by atoms with Crippen molar-refractivity contribution in [1.29, 1.82) is 0 Å². The lowest BCUT2D eigenvalue weighted by Gasteiger charge is -2.14. The summed E-state index contributed by atoms with van der Waals surface area (Å²) in [6.07, 6.45) is -0.0977. The number of aromatic amines is 1. The summed E-state index contributed by atoms with van der Waals surface area (Å²) < 4.78 is 13.6. The number of hydrogen-bond donors (Lipinski definition) is 4. The third-order valence-corrected chi connectivity index (χ3v) is 2.63. The van der Waals surface area contributed by atoms with Crippen LogP contribution in [0.25, 0.3) is 10.9 Å². The molecule has 90 valence electrons. The Morgan fingerprint density at radius 2 is 2.18 bits per heavy atom. The molecule has 1 heterocycles. The number of aliphatic hydroxyl groups excluding tert-OH is 1. The second kappa shape index (κ2) is 4.15. The van der Waals surface area contributed by atoms with Gasteiger partial charge >= 0.3 is 5.97 Å². The highest BCUT2D eigenvalue weighted by molar-refractivity contribution is 5.85. The van der Waals surface area contributed by atoms with E-state index >= 15 is 0 Å². The van der Waals surface area contributed by atoms with Crippen molar-refractivity contribution in [2.24, 2.45) is 5.73 Å². The van der Waals surface area contributed by atoms with Crippen LogP contribution in [0.3, 0.4) is 0 Å². The Hall–Kier alpha value is -1.92. The van der Waals surface area contributed by atoms with Gasteiger partial charge in [-0.25, -0.2) is 4.39 Å². The molecule has 1 aromatic carbocycles. The van der Waals surface area contributed by atoms with Gasteiger partial charge in [-0.2, -0.15) is 0 Å². The van der Waals surface area contributed by atoms with Crippen LogP contribution in [0.2, 0.25) is 0 Å². The Kier molecular flexibility index (Phi) is 2.83. The predicted molar refractivity (Wildman–Crippen MR) is 58.8 cm³/mol. The van der Waals surface area contributed by atoms with Gasteiger partial charge in [0.2, 0.25) is 0 Å². The maximum Gasteiger partial charge on any atom is 0.323 e. The van der Waals surface area contributed by atoms with Crippen LogP contribution in [0.5, 0.6) is 0 Å². The van der Waals surface area contributed by atoms with E-state index in [1.165, 1.54) is 18.3 Å². The molecule has 6 heteroatoms. The second-order valence-electron chi connectivity index (χ2n) is 3.72. The molecule has 5 nitrogen and oxygen atoms in total. The van der Waals surface area contributed by atoms with Crippen LogP contribution in [0, 0.1) is 5.82 Å². The molecule has 5 N–H and O–H groups in total. The summed E-state index contributed by atoms with van der Waals surface area (Å²) in [7, 11) is 0.